The summed E-state index contributed by atoms with van der Waals surface area (Å²) in [5.74, 6) is -0.0155. The number of hydrogen-bond donors (Lipinski definition) is 2. The first-order chi connectivity index (χ1) is 12.5. The molecule has 0 saturated heterocycles. The number of nitrogens with one attached hydrogen (secondary N) is 1. The zero-order valence-corrected chi connectivity index (χ0v) is 15.4. The minimum atomic E-state index is -0.999. The normalized spacial score (nSPS) is 11.5. The number of carbonyl (C=O) groups excluding carboxylic acids is 1. The van der Waals surface area contributed by atoms with Crippen molar-refractivity contribution in [2.75, 3.05) is 20.0 Å². The smallest absolute Gasteiger partial charge is 0.305 e. The molecule has 26 heavy (non-hydrogen) atoms. The molecule has 6 nitrogen and oxygen atoms in total. The van der Waals surface area contributed by atoms with Crippen LogP contribution in [0.25, 0.3) is 0 Å². The maximum Gasteiger partial charge on any atom is 0.305 e. The summed E-state index contributed by atoms with van der Waals surface area (Å²) in [7, 11) is 3.03. The molecule has 138 valence electrons. The number of amides is 1. The van der Waals surface area contributed by atoms with Gasteiger partial charge in [-0.15, -0.1) is 11.8 Å². The Morgan fingerprint density at radius 1 is 1.08 bits per heavy atom. The molecule has 2 N–H and O–H groups in total. The van der Waals surface area contributed by atoms with Crippen LogP contribution in [0.5, 0.6) is 11.5 Å². The fraction of sp³-hybridized carbons (Fsp3) is 0.263. The summed E-state index contributed by atoms with van der Waals surface area (Å²) in [6, 6.07) is 14.0. The Bertz CT molecular complexity index is 751. The molecule has 2 aromatic rings. The lowest BCUT2D eigenvalue weighted by atomic mass is 10.0. The van der Waals surface area contributed by atoms with Crippen molar-refractivity contribution in [1.82, 2.24) is 5.32 Å². The lowest BCUT2D eigenvalue weighted by Crippen LogP contribution is -2.31. The highest BCUT2D eigenvalue weighted by atomic mass is 32.2. The Hall–Kier alpha value is -2.67. The summed E-state index contributed by atoms with van der Waals surface area (Å²) >= 11 is 1.39. The van der Waals surface area contributed by atoms with Gasteiger partial charge in [0.2, 0.25) is 5.91 Å². The number of aliphatic carboxylic acids is 1. The summed E-state index contributed by atoms with van der Waals surface area (Å²) in [6.45, 7) is 0. The van der Waals surface area contributed by atoms with Gasteiger partial charge in [-0.25, -0.2) is 0 Å². The van der Waals surface area contributed by atoms with Gasteiger partial charge in [0.15, 0.2) is 11.5 Å². The Labute approximate surface area is 156 Å². The van der Waals surface area contributed by atoms with Crippen LogP contribution in [0.3, 0.4) is 0 Å². The SMILES string of the molecule is COc1ccc(C(CC(=O)O)NC(=O)CSc2ccccc2)cc1OC. The topological polar surface area (TPSA) is 84.9 Å². The first kappa shape index (κ1) is 19.7. The zero-order valence-electron chi connectivity index (χ0n) is 14.6. The molecule has 1 amide bonds. The maximum absolute atomic E-state index is 12.3. The molecule has 0 saturated carbocycles. The van der Waals surface area contributed by atoms with Crippen LogP contribution in [0.15, 0.2) is 53.4 Å². The van der Waals surface area contributed by atoms with E-state index < -0.39 is 12.0 Å². The molecule has 7 heteroatoms. The van der Waals surface area contributed by atoms with Gasteiger partial charge in [0.05, 0.1) is 32.4 Å². The Morgan fingerprint density at radius 3 is 2.38 bits per heavy atom. The minimum Gasteiger partial charge on any atom is -0.493 e. The van der Waals surface area contributed by atoms with Crippen molar-refractivity contribution in [3.63, 3.8) is 0 Å². The van der Waals surface area contributed by atoms with E-state index in [1.165, 1.54) is 26.0 Å². The molecule has 1 atom stereocenters. The number of carboxylic acid groups (broad SMARTS) is 1. The highest BCUT2D eigenvalue weighted by molar-refractivity contribution is 8.00. The minimum absolute atomic E-state index is 0.202. The van der Waals surface area contributed by atoms with E-state index in [1.54, 1.807) is 18.2 Å². The van der Waals surface area contributed by atoms with Gasteiger partial charge in [-0.3, -0.25) is 9.59 Å². The standard InChI is InChI=1S/C19H21NO5S/c1-24-16-9-8-13(10-17(16)25-2)15(11-19(22)23)20-18(21)12-26-14-6-4-3-5-7-14/h3-10,15H,11-12H2,1-2H3,(H,20,21)(H,22,23). The van der Waals surface area contributed by atoms with Gasteiger partial charge in [0.25, 0.3) is 0 Å². The molecule has 0 spiro atoms. The Balaban J connectivity index is 2.09. The van der Waals surface area contributed by atoms with Crippen molar-refractivity contribution < 1.29 is 24.2 Å². The van der Waals surface area contributed by atoms with E-state index in [9.17, 15) is 14.7 Å². The average molecular weight is 375 g/mol. The molecule has 0 aliphatic rings. The molecule has 0 aromatic heterocycles. The third-order valence-electron chi connectivity index (χ3n) is 3.64. The molecule has 0 heterocycles. The zero-order chi connectivity index (χ0) is 18.9. The Morgan fingerprint density at radius 2 is 1.77 bits per heavy atom. The van der Waals surface area contributed by atoms with E-state index in [1.807, 2.05) is 30.3 Å². The molecule has 0 fully saturated rings. The summed E-state index contributed by atoms with van der Waals surface area (Å²) in [5.41, 5.74) is 0.642. The van der Waals surface area contributed by atoms with Crippen molar-refractivity contribution >= 4 is 23.6 Å². The second kappa shape index (κ2) is 9.72. The fourth-order valence-corrected chi connectivity index (χ4v) is 3.13. The van der Waals surface area contributed by atoms with Crippen LogP contribution in [0, 0.1) is 0 Å². The number of ether oxygens (including phenoxy) is 2. The van der Waals surface area contributed by atoms with Crippen molar-refractivity contribution in [2.45, 2.75) is 17.4 Å². The van der Waals surface area contributed by atoms with Crippen molar-refractivity contribution in [2.24, 2.45) is 0 Å². The average Bonchev–Trinajstić information content (AvgIpc) is 2.65. The predicted molar refractivity (Wildman–Crippen MR) is 99.8 cm³/mol. The van der Waals surface area contributed by atoms with Gasteiger partial charge in [-0.05, 0) is 29.8 Å². The fourth-order valence-electron chi connectivity index (χ4n) is 2.40. The van der Waals surface area contributed by atoms with Crippen molar-refractivity contribution in [1.29, 1.82) is 0 Å². The van der Waals surface area contributed by atoms with Crippen LogP contribution < -0.4 is 14.8 Å². The quantitative estimate of drug-likeness (QED) is 0.655. The number of rotatable bonds is 9. The van der Waals surface area contributed by atoms with E-state index in [0.29, 0.717) is 17.1 Å². The van der Waals surface area contributed by atoms with Crippen LogP contribution in [0.1, 0.15) is 18.0 Å². The molecule has 0 radical (unpaired) electrons. The second-order valence-corrected chi connectivity index (χ2v) is 6.48. The summed E-state index contributed by atoms with van der Waals surface area (Å²) < 4.78 is 10.4. The number of carbonyl (C=O) groups is 2. The molecule has 0 aliphatic carbocycles. The number of methoxy groups -OCH3 is 2. The van der Waals surface area contributed by atoms with Crippen LogP contribution in [-0.2, 0) is 9.59 Å². The maximum atomic E-state index is 12.3. The summed E-state index contributed by atoms with van der Waals surface area (Å²) in [6.07, 6.45) is -0.225. The first-order valence-corrected chi connectivity index (χ1v) is 8.93. The number of hydrogen-bond acceptors (Lipinski definition) is 5. The van der Waals surface area contributed by atoms with Gasteiger partial charge in [-0.1, -0.05) is 24.3 Å². The van der Waals surface area contributed by atoms with Gasteiger partial charge >= 0.3 is 5.97 Å². The highest BCUT2D eigenvalue weighted by Crippen LogP contribution is 2.31. The summed E-state index contributed by atoms with van der Waals surface area (Å²) in [4.78, 5) is 24.5. The van der Waals surface area contributed by atoms with E-state index in [4.69, 9.17) is 9.47 Å². The summed E-state index contributed by atoms with van der Waals surface area (Å²) in [5, 5.41) is 12.0. The molecule has 0 aliphatic heterocycles. The van der Waals surface area contributed by atoms with Crippen LogP contribution in [0.4, 0.5) is 0 Å². The van der Waals surface area contributed by atoms with Gasteiger partial charge in [-0.2, -0.15) is 0 Å². The van der Waals surface area contributed by atoms with Crippen LogP contribution >= 0.6 is 11.8 Å². The predicted octanol–water partition coefficient (Wildman–Crippen LogP) is 3.13. The third kappa shape index (κ3) is 5.70. The van der Waals surface area contributed by atoms with Gasteiger partial charge < -0.3 is 19.9 Å². The number of thioether (sulfide) groups is 1. The van der Waals surface area contributed by atoms with Gasteiger partial charge in [0.1, 0.15) is 0 Å². The highest BCUT2D eigenvalue weighted by Gasteiger charge is 2.20. The molecule has 2 rings (SSSR count). The lowest BCUT2D eigenvalue weighted by Gasteiger charge is -2.19. The Kier molecular flexibility index (Phi) is 7.35. The number of carboxylic acids is 1. The van der Waals surface area contributed by atoms with E-state index in [2.05, 4.69) is 5.32 Å². The molecular weight excluding hydrogens is 354 g/mol. The van der Waals surface area contributed by atoms with Gasteiger partial charge in [0, 0.05) is 4.90 Å². The first-order valence-electron chi connectivity index (χ1n) is 7.94. The van der Waals surface area contributed by atoms with E-state index >= 15 is 0 Å². The largest absolute Gasteiger partial charge is 0.493 e. The van der Waals surface area contributed by atoms with Crippen molar-refractivity contribution in [3.05, 3.63) is 54.1 Å². The molecule has 2 aromatic carbocycles. The van der Waals surface area contributed by atoms with E-state index in [-0.39, 0.29) is 18.1 Å². The number of benzene rings is 2. The second-order valence-electron chi connectivity index (χ2n) is 5.43. The van der Waals surface area contributed by atoms with Crippen molar-refractivity contribution in [3.8, 4) is 11.5 Å². The van der Waals surface area contributed by atoms with E-state index in [0.717, 1.165) is 4.90 Å². The lowest BCUT2D eigenvalue weighted by molar-refractivity contribution is -0.137. The van der Waals surface area contributed by atoms with Crippen LogP contribution in [0.2, 0.25) is 0 Å². The molecule has 0 bridgehead atoms. The molecule has 1 unspecified atom stereocenters. The molecular formula is C19H21NO5S. The van der Waals surface area contributed by atoms with Crippen LogP contribution in [-0.4, -0.2) is 37.0 Å². The third-order valence-corrected chi connectivity index (χ3v) is 4.65. The monoisotopic (exact) mass is 375 g/mol.